The number of hydrogen-bond donors (Lipinski definition) is 2. The van der Waals surface area contributed by atoms with Gasteiger partial charge in [-0.05, 0) is 55.8 Å². The summed E-state index contributed by atoms with van der Waals surface area (Å²) in [5.74, 6) is 0.356. The van der Waals surface area contributed by atoms with Crippen LogP contribution in [-0.2, 0) is 28.2 Å². The number of nitrogens with one attached hydrogen (secondary N) is 1. The van der Waals surface area contributed by atoms with Crippen molar-refractivity contribution in [2.75, 3.05) is 11.3 Å². The Morgan fingerprint density at radius 1 is 1.03 bits per heavy atom. The van der Waals surface area contributed by atoms with Gasteiger partial charge in [0.15, 0.2) is 0 Å². The highest BCUT2D eigenvalue weighted by Crippen LogP contribution is 2.23. The summed E-state index contributed by atoms with van der Waals surface area (Å²) in [5, 5.41) is 9.33. The summed E-state index contributed by atoms with van der Waals surface area (Å²) in [5.41, 5.74) is 3.38. The molecule has 0 amide bonds. The third kappa shape index (κ3) is 6.96. The number of carboxylic acid groups (broad SMARTS) is 1. The Morgan fingerprint density at radius 2 is 1.76 bits per heavy atom. The predicted molar refractivity (Wildman–Crippen MR) is 139 cm³/mol. The van der Waals surface area contributed by atoms with Crippen molar-refractivity contribution in [2.45, 2.75) is 27.0 Å². The molecule has 1 heterocycles. The van der Waals surface area contributed by atoms with Crippen LogP contribution in [0.25, 0.3) is 11.5 Å². The van der Waals surface area contributed by atoms with Crippen molar-refractivity contribution in [3.8, 4) is 17.2 Å². The van der Waals surface area contributed by atoms with E-state index in [-0.39, 0.29) is 13.2 Å². The summed E-state index contributed by atoms with van der Waals surface area (Å²) < 4.78 is 40.9. The minimum absolute atomic E-state index is 0.151. The fourth-order valence-electron chi connectivity index (χ4n) is 3.57. The Morgan fingerprint density at radius 3 is 2.46 bits per heavy atom. The van der Waals surface area contributed by atoms with Crippen molar-refractivity contribution in [3.05, 3.63) is 101 Å². The van der Waals surface area contributed by atoms with Crippen LogP contribution in [0, 0.1) is 13.8 Å². The lowest BCUT2D eigenvalue weighted by Gasteiger charge is -2.21. The number of rotatable bonds is 11. The molecule has 37 heavy (non-hydrogen) atoms. The van der Waals surface area contributed by atoms with E-state index in [0.29, 0.717) is 34.3 Å². The first-order valence-corrected chi connectivity index (χ1v) is 12.9. The monoisotopic (exact) mass is 521 g/mol. The van der Waals surface area contributed by atoms with Gasteiger partial charge in [0.1, 0.15) is 30.4 Å². The third-order valence-corrected chi connectivity index (χ3v) is 6.93. The maximum absolute atomic E-state index is 13.0. The maximum Gasteiger partial charge on any atom is 0.318 e. The molecule has 0 bridgehead atoms. The predicted octanol–water partition coefficient (Wildman–Crippen LogP) is 4.78. The van der Waals surface area contributed by atoms with E-state index in [1.165, 1.54) is 0 Å². The Balaban J connectivity index is 1.46. The first-order valence-electron chi connectivity index (χ1n) is 11.5. The molecule has 0 saturated heterocycles. The molecule has 0 saturated carbocycles. The van der Waals surface area contributed by atoms with Gasteiger partial charge in [-0.25, -0.2) is 4.98 Å². The van der Waals surface area contributed by atoms with Gasteiger partial charge >= 0.3 is 16.2 Å². The van der Waals surface area contributed by atoms with Crippen molar-refractivity contribution in [1.82, 2.24) is 9.29 Å². The highest BCUT2D eigenvalue weighted by atomic mass is 32.2. The normalized spacial score (nSPS) is 11.4. The minimum Gasteiger partial charge on any atom is -0.487 e. The molecule has 0 aliphatic heterocycles. The zero-order valence-electron chi connectivity index (χ0n) is 20.4. The van der Waals surface area contributed by atoms with Crippen LogP contribution in [-0.4, -0.2) is 35.3 Å². The highest BCUT2D eigenvalue weighted by molar-refractivity contribution is 7.90. The van der Waals surface area contributed by atoms with E-state index in [9.17, 15) is 18.3 Å². The van der Waals surface area contributed by atoms with Crippen molar-refractivity contribution in [2.24, 2.45) is 0 Å². The number of aromatic nitrogens is 1. The number of benzene rings is 3. The SMILES string of the molecule is Cc1ccc(NS(=O)(=O)N(CC(=O)O)Cc2cccc(OCc3nc(-c4ccccc4)oc3C)c2)cc1. The van der Waals surface area contributed by atoms with E-state index in [0.717, 1.165) is 15.4 Å². The Kier molecular flexibility index (Phi) is 7.90. The standard InChI is InChI=1S/C27H27N3O6S/c1-19-11-13-23(14-12-19)29-37(33,34)30(17-26(31)32)16-21-7-6-10-24(15-21)35-18-25-20(2)36-27(28-25)22-8-4-3-5-9-22/h3-15,29H,16-18H2,1-2H3,(H,31,32). The second kappa shape index (κ2) is 11.3. The Labute approximate surface area is 215 Å². The molecule has 0 spiro atoms. The molecule has 10 heteroatoms. The van der Waals surface area contributed by atoms with E-state index in [1.807, 2.05) is 44.2 Å². The number of aryl methyl sites for hydroxylation is 2. The summed E-state index contributed by atoms with van der Waals surface area (Å²) in [6, 6.07) is 23.1. The highest BCUT2D eigenvalue weighted by Gasteiger charge is 2.25. The molecule has 0 radical (unpaired) electrons. The zero-order chi connectivity index (χ0) is 26.4. The van der Waals surface area contributed by atoms with Gasteiger partial charge in [-0.1, -0.05) is 48.0 Å². The first-order chi connectivity index (χ1) is 17.7. The van der Waals surface area contributed by atoms with Crippen molar-refractivity contribution in [1.29, 1.82) is 0 Å². The molecule has 9 nitrogen and oxygen atoms in total. The number of aliphatic carboxylic acids is 1. The van der Waals surface area contributed by atoms with Crippen LogP contribution in [0.15, 0.2) is 83.3 Å². The average Bonchev–Trinajstić information content (AvgIpc) is 3.24. The van der Waals surface area contributed by atoms with E-state index in [4.69, 9.17) is 9.15 Å². The molecule has 3 aromatic carbocycles. The molecule has 0 atom stereocenters. The Hall–Kier alpha value is -4.15. The Bertz CT molecular complexity index is 1470. The number of nitrogens with zero attached hydrogens (tertiary/aromatic N) is 2. The number of anilines is 1. The van der Waals surface area contributed by atoms with E-state index < -0.39 is 22.7 Å². The van der Waals surface area contributed by atoms with Crippen LogP contribution in [0.5, 0.6) is 5.75 Å². The lowest BCUT2D eigenvalue weighted by molar-refractivity contribution is -0.137. The van der Waals surface area contributed by atoms with Crippen LogP contribution in [0.2, 0.25) is 0 Å². The van der Waals surface area contributed by atoms with Crippen LogP contribution in [0.1, 0.15) is 22.6 Å². The average molecular weight is 522 g/mol. The molecule has 4 rings (SSSR count). The van der Waals surface area contributed by atoms with Crippen molar-refractivity contribution < 1.29 is 27.5 Å². The number of ether oxygens (including phenoxy) is 1. The molecule has 2 N–H and O–H groups in total. The second-order valence-corrected chi connectivity index (χ2v) is 10.1. The van der Waals surface area contributed by atoms with Crippen LogP contribution in [0.4, 0.5) is 5.69 Å². The van der Waals surface area contributed by atoms with Crippen LogP contribution in [0.3, 0.4) is 0 Å². The molecule has 0 unspecified atom stereocenters. The number of carboxylic acids is 1. The van der Waals surface area contributed by atoms with Gasteiger partial charge in [-0.2, -0.15) is 12.7 Å². The molecule has 0 fully saturated rings. The number of oxazole rings is 1. The van der Waals surface area contributed by atoms with E-state index in [2.05, 4.69) is 9.71 Å². The van der Waals surface area contributed by atoms with Gasteiger partial charge in [0.2, 0.25) is 5.89 Å². The second-order valence-electron chi connectivity index (χ2n) is 8.46. The molecule has 0 aliphatic carbocycles. The molecule has 4 aromatic rings. The van der Waals surface area contributed by atoms with E-state index in [1.54, 1.807) is 48.5 Å². The van der Waals surface area contributed by atoms with Crippen molar-refractivity contribution >= 4 is 21.9 Å². The smallest absolute Gasteiger partial charge is 0.318 e. The fourth-order valence-corrected chi connectivity index (χ4v) is 4.73. The quantitative estimate of drug-likeness (QED) is 0.291. The van der Waals surface area contributed by atoms with Gasteiger partial charge in [0.25, 0.3) is 0 Å². The third-order valence-electron chi connectivity index (χ3n) is 5.50. The van der Waals surface area contributed by atoms with Crippen LogP contribution >= 0.6 is 0 Å². The fraction of sp³-hybridized carbons (Fsp3) is 0.185. The summed E-state index contributed by atoms with van der Waals surface area (Å²) in [4.78, 5) is 16.0. The summed E-state index contributed by atoms with van der Waals surface area (Å²) in [6.07, 6.45) is 0. The van der Waals surface area contributed by atoms with E-state index >= 15 is 0 Å². The van der Waals surface area contributed by atoms with Crippen molar-refractivity contribution in [3.63, 3.8) is 0 Å². The molecule has 1 aromatic heterocycles. The molecule has 192 valence electrons. The van der Waals surface area contributed by atoms with Gasteiger partial charge in [-0.15, -0.1) is 0 Å². The molecular formula is C27H27N3O6S. The van der Waals surface area contributed by atoms with Gasteiger partial charge in [-0.3, -0.25) is 9.52 Å². The zero-order valence-corrected chi connectivity index (χ0v) is 21.2. The summed E-state index contributed by atoms with van der Waals surface area (Å²) in [7, 11) is -4.14. The summed E-state index contributed by atoms with van der Waals surface area (Å²) >= 11 is 0. The number of hydrogen-bond acceptors (Lipinski definition) is 6. The topological polar surface area (TPSA) is 122 Å². The van der Waals surface area contributed by atoms with Gasteiger partial charge < -0.3 is 14.3 Å². The van der Waals surface area contributed by atoms with Crippen LogP contribution < -0.4 is 9.46 Å². The largest absolute Gasteiger partial charge is 0.487 e. The van der Waals surface area contributed by atoms with Gasteiger partial charge in [0, 0.05) is 17.8 Å². The minimum atomic E-state index is -4.14. The maximum atomic E-state index is 13.0. The lowest BCUT2D eigenvalue weighted by atomic mass is 10.2. The molecular weight excluding hydrogens is 494 g/mol. The first kappa shape index (κ1) is 25.9. The number of carbonyl (C=O) groups is 1. The van der Waals surface area contributed by atoms with Gasteiger partial charge in [0.05, 0.1) is 0 Å². The lowest BCUT2D eigenvalue weighted by Crippen LogP contribution is -2.39. The molecule has 0 aliphatic rings. The summed E-state index contributed by atoms with van der Waals surface area (Å²) in [6.45, 7) is 2.98.